The van der Waals surface area contributed by atoms with Gasteiger partial charge >= 0.3 is 0 Å². The van der Waals surface area contributed by atoms with E-state index in [4.69, 9.17) is 0 Å². The van der Waals surface area contributed by atoms with Crippen molar-refractivity contribution >= 4 is 21.8 Å². The SMILES string of the molecule is CN(Cc1ccc(Br)cc1)C(=O)c1nn(-c2ccccc2F)c2c1CCC2. The number of para-hydroxylation sites is 1. The van der Waals surface area contributed by atoms with Crippen molar-refractivity contribution in [1.29, 1.82) is 0 Å². The van der Waals surface area contributed by atoms with E-state index in [0.29, 0.717) is 17.9 Å². The molecule has 0 N–H and O–H groups in total. The predicted octanol–water partition coefficient (Wildman–Crippen LogP) is 4.53. The van der Waals surface area contributed by atoms with E-state index in [1.807, 2.05) is 24.3 Å². The Morgan fingerprint density at radius 3 is 2.67 bits per heavy atom. The van der Waals surface area contributed by atoms with Gasteiger partial charge in [0.25, 0.3) is 5.91 Å². The smallest absolute Gasteiger partial charge is 0.274 e. The number of carbonyl (C=O) groups is 1. The Balaban J connectivity index is 1.65. The van der Waals surface area contributed by atoms with Gasteiger partial charge in [-0.3, -0.25) is 4.79 Å². The van der Waals surface area contributed by atoms with Crippen molar-refractivity contribution in [3.8, 4) is 5.69 Å². The van der Waals surface area contributed by atoms with Crippen LogP contribution in [0.15, 0.2) is 53.0 Å². The third-order valence-corrected chi connectivity index (χ3v) is 5.42. The van der Waals surface area contributed by atoms with Crippen LogP contribution in [0.1, 0.15) is 33.7 Å². The number of fused-ring (bicyclic) bond motifs is 1. The highest BCUT2D eigenvalue weighted by Crippen LogP contribution is 2.29. The lowest BCUT2D eigenvalue weighted by Gasteiger charge is -2.16. The molecule has 0 radical (unpaired) electrons. The van der Waals surface area contributed by atoms with Crippen molar-refractivity contribution in [1.82, 2.24) is 14.7 Å². The third-order valence-electron chi connectivity index (χ3n) is 4.89. The maximum Gasteiger partial charge on any atom is 0.274 e. The number of halogens is 2. The summed E-state index contributed by atoms with van der Waals surface area (Å²) in [4.78, 5) is 14.7. The fraction of sp³-hybridized carbons (Fsp3) is 0.238. The highest BCUT2D eigenvalue weighted by molar-refractivity contribution is 9.10. The van der Waals surface area contributed by atoms with Crippen LogP contribution in [0.5, 0.6) is 0 Å². The maximum absolute atomic E-state index is 14.3. The minimum atomic E-state index is -0.336. The predicted molar refractivity (Wildman–Crippen MR) is 105 cm³/mol. The normalized spacial score (nSPS) is 12.9. The van der Waals surface area contributed by atoms with E-state index >= 15 is 0 Å². The zero-order valence-electron chi connectivity index (χ0n) is 15.0. The lowest BCUT2D eigenvalue weighted by Crippen LogP contribution is -2.27. The molecule has 1 aromatic heterocycles. The zero-order valence-corrected chi connectivity index (χ0v) is 16.5. The van der Waals surface area contributed by atoms with Crippen LogP contribution in [-0.4, -0.2) is 27.6 Å². The molecule has 1 amide bonds. The van der Waals surface area contributed by atoms with Crippen LogP contribution in [0, 0.1) is 5.82 Å². The molecule has 27 heavy (non-hydrogen) atoms. The second-order valence-corrected chi connectivity index (χ2v) is 7.69. The molecule has 138 valence electrons. The van der Waals surface area contributed by atoms with Crippen LogP contribution in [-0.2, 0) is 19.4 Å². The number of nitrogens with zero attached hydrogens (tertiary/aromatic N) is 3. The van der Waals surface area contributed by atoms with Crippen molar-refractivity contribution in [2.45, 2.75) is 25.8 Å². The van der Waals surface area contributed by atoms with Gasteiger partial charge in [0, 0.05) is 29.3 Å². The first kappa shape index (κ1) is 17.9. The molecule has 4 rings (SSSR count). The average Bonchev–Trinajstić information content (AvgIpc) is 3.26. The summed E-state index contributed by atoms with van der Waals surface area (Å²) in [6.45, 7) is 0.493. The van der Waals surface area contributed by atoms with Crippen molar-refractivity contribution in [2.75, 3.05) is 7.05 Å². The van der Waals surface area contributed by atoms with Gasteiger partial charge in [0.1, 0.15) is 11.5 Å². The van der Waals surface area contributed by atoms with Gasteiger partial charge in [-0.25, -0.2) is 9.07 Å². The van der Waals surface area contributed by atoms with Gasteiger partial charge in [0.15, 0.2) is 5.69 Å². The molecule has 1 aliphatic rings. The number of hydrogen-bond donors (Lipinski definition) is 0. The molecule has 0 saturated heterocycles. The van der Waals surface area contributed by atoms with Gasteiger partial charge in [0.2, 0.25) is 0 Å². The topological polar surface area (TPSA) is 38.1 Å². The summed E-state index contributed by atoms with van der Waals surface area (Å²) in [5, 5.41) is 4.52. The summed E-state index contributed by atoms with van der Waals surface area (Å²) in [5.74, 6) is -0.469. The van der Waals surface area contributed by atoms with Gasteiger partial charge in [-0.2, -0.15) is 5.10 Å². The first-order valence-electron chi connectivity index (χ1n) is 8.90. The fourth-order valence-electron chi connectivity index (χ4n) is 3.55. The van der Waals surface area contributed by atoms with Crippen molar-refractivity contribution in [2.24, 2.45) is 0 Å². The molecule has 4 nitrogen and oxygen atoms in total. The maximum atomic E-state index is 14.3. The highest BCUT2D eigenvalue weighted by Gasteiger charge is 2.29. The molecular formula is C21H19BrFN3O. The quantitative estimate of drug-likeness (QED) is 0.612. The molecule has 6 heteroatoms. The van der Waals surface area contributed by atoms with Crippen molar-refractivity contribution in [3.63, 3.8) is 0 Å². The van der Waals surface area contributed by atoms with Crippen LogP contribution in [0.4, 0.5) is 4.39 Å². The molecule has 1 aliphatic carbocycles. The van der Waals surface area contributed by atoms with Gasteiger partial charge in [-0.1, -0.05) is 40.2 Å². The van der Waals surface area contributed by atoms with Gasteiger partial charge in [-0.05, 0) is 49.1 Å². The Bertz CT molecular complexity index is 997. The Morgan fingerprint density at radius 2 is 1.93 bits per heavy atom. The second kappa shape index (κ2) is 7.27. The van der Waals surface area contributed by atoms with E-state index in [1.54, 1.807) is 34.8 Å². The minimum Gasteiger partial charge on any atom is -0.336 e. The number of hydrogen-bond acceptors (Lipinski definition) is 2. The monoisotopic (exact) mass is 427 g/mol. The molecule has 0 saturated carbocycles. The van der Waals surface area contributed by atoms with Crippen molar-refractivity contribution < 1.29 is 9.18 Å². The molecule has 0 atom stereocenters. The molecule has 1 heterocycles. The Morgan fingerprint density at radius 1 is 1.19 bits per heavy atom. The summed E-state index contributed by atoms with van der Waals surface area (Å²) in [5.41, 5.74) is 3.77. The van der Waals surface area contributed by atoms with E-state index in [9.17, 15) is 9.18 Å². The van der Waals surface area contributed by atoms with Gasteiger partial charge < -0.3 is 4.90 Å². The van der Waals surface area contributed by atoms with E-state index in [1.165, 1.54) is 6.07 Å². The number of aromatic nitrogens is 2. The summed E-state index contributed by atoms with van der Waals surface area (Å²) in [6.07, 6.45) is 2.57. The number of amides is 1. The molecule has 0 unspecified atom stereocenters. The molecule has 0 aliphatic heterocycles. The van der Waals surface area contributed by atoms with Crippen LogP contribution in [0.25, 0.3) is 5.69 Å². The molecule has 0 bridgehead atoms. The van der Waals surface area contributed by atoms with E-state index < -0.39 is 0 Å². The van der Waals surface area contributed by atoms with Crippen LogP contribution >= 0.6 is 15.9 Å². The molecule has 3 aromatic rings. The largest absolute Gasteiger partial charge is 0.336 e. The van der Waals surface area contributed by atoms with Crippen LogP contribution in [0.2, 0.25) is 0 Å². The van der Waals surface area contributed by atoms with Gasteiger partial charge in [0.05, 0.1) is 0 Å². The first-order chi connectivity index (χ1) is 13.0. The number of benzene rings is 2. The van der Waals surface area contributed by atoms with E-state index in [2.05, 4.69) is 21.0 Å². The molecule has 2 aromatic carbocycles. The minimum absolute atomic E-state index is 0.133. The Hall–Kier alpha value is -2.47. The van der Waals surface area contributed by atoms with E-state index in [0.717, 1.165) is 40.6 Å². The fourth-order valence-corrected chi connectivity index (χ4v) is 3.81. The lowest BCUT2D eigenvalue weighted by atomic mass is 10.1. The molecule has 0 spiro atoms. The first-order valence-corrected chi connectivity index (χ1v) is 9.69. The standard InChI is InChI=1S/C21H19BrFN3O/c1-25(13-14-9-11-15(22)12-10-14)21(27)20-16-5-4-8-18(16)26(24-20)19-7-3-2-6-17(19)23/h2-3,6-7,9-12H,4-5,8,13H2,1H3. The lowest BCUT2D eigenvalue weighted by molar-refractivity contribution is 0.0777. The third kappa shape index (κ3) is 3.41. The second-order valence-electron chi connectivity index (χ2n) is 6.78. The summed E-state index contributed by atoms with van der Waals surface area (Å²) >= 11 is 3.42. The average molecular weight is 428 g/mol. The number of rotatable bonds is 4. The Kier molecular flexibility index (Phi) is 4.83. The van der Waals surface area contributed by atoms with Crippen molar-refractivity contribution in [3.05, 3.63) is 81.3 Å². The van der Waals surface area contributed by atoms with Crippen LogP contribution in [0.3, 0.4) is 0 Å². The van der Waals surface area contributed by atoms with Gasteiger partial charge in [-0.15, -0.1) is 0 Å². The summed E-state index contributed by atoms with van der Waals surface area (Å²) in [6, 6.07) is 14.4. The van der Waals surface area contributed by atoms with Crippen LogP contribution < -0.4 is 0 Å². The highest BCUT2D eigenvalue weighted by atomic mass is 79.9. The Labute approximate surface area is 165 Å². The summed E-state index contributed by atoms with van der Waals surface area (Å²) < 4.78 is 16.9. The summed E-state index contributed by atoms with van der Waals surface area (Å²) in [7, 11) is 1.77. The zero-order chi connectivity index (χ0) is 19.0. The molecular weight excluding hydrogens is 409 g/mol. The number of carbonyl (C=O) groups excluding carboxylic acids is 1. The van der Waals surface area contributed by atoms with E-state index in [-0.39, 0.29) is 11.7 Å². The molecule has 0 fully saturated rings.